The number of fused-ring (bicyclic) bond motifs is 5. The van der Waals surface area contributed by atoms with Gasteiger partial charge in [-0.2, -0.15) is 0 Å². The highest BCUT2D eigenvalue weighted by molar-refractivity contribution is 7.99. The average Bonchev–Trinajstić information content (AvgIpc) is 3.60. The second-order valence-electron chi connectivity index (χ2n) is 14.4. The van der Waals surface area contributed by atoms with E-state index in [4.69, 9.17) is 9.41 Å². The van der Waals surface area contributed by atoms with Crippen LogP contribution in [0.15, 0.2) is 189 Å². The average molecular weight is 701 g/mol. The van der Waals surface area contributed by atoms with Crippen molar-refractivity contribution in [2.45, 2.75) is 35.1 Å². The normalized spacial score (nSPS) is 16.0. The number of amidine groups is 1. The molecule has 254 valence electrons. The first kappa shape index (κ1) is 31.6. The summed E-state index contributed by atoms with van der Waals surface area (Å²) in [6.45, 7) is 4.70. The van der Waals surface area contributed by atoms with Crippen molar-refractivity contribution in [1.82, 2.24) is 5.32 Å². The third-order valence-electron chi connectivity index (χ3n) is 10.8. The number of hydrogen-bond acceptors (Lipinski definition) is 4. The van der Waals surface area contributed by atoms with E-state index in [-0.39, 0.29) is 11.5 Å². The summed E-state index contributed by atoms with van der Waals surface area (Å²) in [7, 11) is 0. The summed E-state index contributed by atoms with van der Waals surface area (Å²) in [5, 5.41) is 6.03. The molecule has 8 aromatic rings. The lowest BCUT2D eigenvalue weighted by molar-refractivity contribution is 0.607. The Morgan fingerprint density at radius 1 is 0.566 bits per heavy atom. The maximum atomic E-state index is 6.38. The number of aliphatic imine (C=N–C) groups is 1. The van der Waals surface area contributed by atoms with E-state index >= 15 is 0 Å². The molecule has 1 atom stereocenters. The Morgan fingerprint density at radius 3 is 2.11 bits per heavy atom. The highest BCUT2D eigenvalue weighted by atomic mass is 32.2. The van der Waals surface area contributed by atoms with Gasteiger partial charge in [-0.05, 0) is 63.7 Å². The predicted molar refractivity (Wildman–Crippen MR) is 221 cm³/mol. The fourth-order valence-electron chi connectivity index (χ4n) is 8.02. The molecule has 0 amide bonds. The Kier molecular flexibility index (Phi) is 7.48. The standard InChI is InChI=1S/C49H36N2OS/c1-49(2)40-20-9-11-22-45(40)53-46-28-27-34(29-41(46)49)35-15-6-7-16-37(35)43-30-42(50-48(51-43)33-13-4-3-5-14-33)32-25-23-31(24-26-32)36-18-12-19-39-38-17-8-10-21-44(38)52-47(36)39/h3-30,42H,1-2H3,(H,50,51). The number of nitrogens with one attached hydrogen (secondary N) is 1. The monoisotopic (exact) mass is 700 g/mol. The Bertz CT molecular complexity index is 2760. The molecular weight excluding hydrogens is 665 g/mol. The van der Waals surface area contributed by atoms with Crippen molar-refractivity contribution in [2.24, 2.45) is 4.99 Å². The molecule has 0 bridgehead atoms. The lowest BCUT2D eigenvalue weighted by atomic mass is 9.76. The van der Waals surface area contributed by atoms with Gasteiger partial charge < -0.3 is 9.73 Å². The molecule has 10 rings (SSSR count). The van der Waals surface area contributed by atoms with Crippen LogP contribution in [0.4, 0.5) is 0 Å². The third kappa shape index (κ3) is 5.41. The molecule has 7 aromatic carbocycles. The predicted octanol–water partition coefficient (Wildman–Crippen LogP) is 12.8. The Balaban J connectivity index is 1.05. The molecule has 2 aliphatic heterocycles. The zero-order valence-corrected chi connectivity index (χ0v) is 30.3. The van der Waals surface area contributed by atoms with E-state index in [1.54, 1.807) is 0 Å². The minimum absolute atomic E-state index is 0.106. The van der Waals surface area contributed by atoms with Gasteiger partial charge in [-0.1, -0.05) is 165 Å². The molecule has 4 heteroatoms. The molecule has 1 unspecified atom stereocenters. The Hall–Kier alpha value is -6.10. The van der Waals surface area contributed by atoms with Gasteiger partial charge in [0.1, 0.15) is 17.0 Å². The number of furan rings is 1. The fraction of sp³-hybridized carbons (Fsp3) is 0.0816. The summed E-state index contributed by atoms with van der Waals surface area (Å²) in [5.41, 5.74) is 13.4. The van der Waals surface area contributed by atoms with Crippen molar-refractivity contribution in [3.8, 4) is 22.3 Å². The molecule has 2 aliphatic rings. The Morgan fingerprint density at radius 2 is 1.25 bits per heavy atom. The summed E-state index contributed by atoms with van der Waals surface area (Å²) in [6.07, 6.45) is 2.27. The van der Waals surface area contributed by atoms with Crippen molar-refractivity contribution >= 4 is 45.2 Å². The van der Waals surface area contributed by atoms with Crippen LogP contribution in [0, 0.1) is 0 Å². The molecule has 1 aromatic heterocycles. The summed E-state index contributed by atoms with van der Waals surface area (Å²) >= 11 is 1.87. The van der Waals surface area contributed by atoms with E-state index in [0.717, 1.165) is 61.3 Å². The number of nitrogens with zero attached hydrogens (tertiary/aromatic N) is 1. The highest BCUT2D eigenvalue weighted by Gasteiger charge is 2.33. The van der Waals surface area contributed by atoms with Gasteiger partial charge >= 0.3 is 0 Å². The SMILES string of the molecule is CC1(C)c2ccccc2Sc2ccc(-c3ccccc3C3=CC(c4ccc(-c5cccc6c5oc5ccccc56)cc4)N=C(c4ccccc4)N3)cc21. The van der Waals surface area contributed by atoms with Crippen molar-refractivity contribution < 1.29 is 4.42 Å². The summed E-state index contributed by atoms with van der Waals surface area (Å²) in [4.78, 5) is 7.95. The second kappa shape index (κ2) is 12.5. The van der Waals surface area contributed by atoms with Gasteiger partial charge in [0.15, 0.2) is 0 Å². The minimum Gasteiger partial charge on any atom is -0.455 e. The van der Waals surface area contributed by atoms with Gasteiger partial charge in [0.2, 0.25) is 0 Å². The van der Waals surface area contributed by atoms with Crippen LogP contribution >= 0.6 is 11.8 Å². The van der Waals surface area contributed by atoms with Crippen LogP contribution < -0.4 is 5.32 Å². The van der Waals surface area contributed by atoms with Crippen LogP contribution in [0.3, 0.4) is 0 Å². The summed E-state index contributed by atoms with van der Waals surface area (Å²) in [6, 6.07) is 58.3. The topological polar surface area (TPSA) is 37.5 Å². The largest absolute Gasteiger partial charge is 0.455 e. The van der Waals surface area contributed by atoms with E-state index in [2.05, 4.69) is 171 Å². The third-order valence-corrected chi connectivity index (χ3v) is 12.0. The molecule has 3 nitrogen and oxygen atoms in total. The van der Waals surface area contributed by atoms with Crippen molar-refractivity contribution in [3.63, 3.8) is 0 Å². The molecule has 0 saturated carbocycles. The van der Waals surface area contributed by atoms with E-state index < -0.39 is 0 Å². The second-order valence-corrected chi connectivity index (χ2v) is 15.5. The molecule has 0 spiro atoms. The van der Waals surface area contributed by atoms with E-state index in [9.17, 15) is 0 Å². The van der Waals surface area contributed by atoms with Gasteiger partial charge in [-0.25, -0.2) is 0 Å². The zero-order chi connectivity index (χ0) is 35.5. The zero-order valence-electron chi connectivity index (χ0n) is 29.5. The van der Waals surface area contributed by atoms with Crippen LogP contribution in [0.25, 0.3) is 49.9 Å². The number of benzene rings is 7. The van der Waals surface area contributed by atoms with E-state index in [1.165, 1.54) is 32.0 Å². The molecule has 53 heavy (non-hydrogen) atoms. The van der Waals surface area contributed by atoms with Crippen molar-refractivity contribution in [2.75, 3.05) is 0 Å². The fourth-order valence-corrected chi connectivity index (χ4v) is 9.40. The van der Waals surface area contributed by atoms with Crippen LogP contribution in [0.1, 0.15) is 47.7 Å². The summed E-state index contributed by atoms with van der Waals surface area (Å²) < 4.78 is 6.38. The van der Waals surface area contributed by atoms with Crippen LogP contribution in [-0.4, -0.2) is 5.84 Å². The molecule has 0 fully saturated rings. The first-order valence-electron chi connectivity index (χ1n) is 18.2. The van der Waals surface area contributed by atoms with Crippen molar-refractivity contribution in [3.05, 3.63) is 198 Å². The van der Waals surface area contributed by atoms with Gasteiger partial charge in [0.05, 0.1) is 6.04 Å². The van der Waals surface area contributed by atoms with Gasteiger partial charge in [0, 0.05) is 48.4 Å². The first-order valence-corrected chi connectivity index (χ1v) is 19.0. The Labute approximate surface area is 313 Å². The molecule has 0 saturated heterocycles. The lowest BCUT2D eigenvalue weighted by Crippen LogP contribution is -2.28. The molecule has 0 radical (unpaired) electrons. The molecule has 0 aliphatic carbocycles. The van der Waals surface area contributed by atoms with Crippen molar-refractivity contribution in [1.29, 1.82) is 0 Å². The quantitative estimate of drug-likeness (QED) is 0.194. The number of rotatable bonds is 5. The highest BCUT2D eigenvalue weighted by Crippen LogP contribution is 2.50. The maximum absolute atomic E-state index is 6.38. The smallest absolute Gasteiger partial charge is 0.143 e. The minimum atomic E-state index is -0.180. The number of para-hydroxylation sites is 2. The van der Waals surface area contributed by atoms with Crippen LogP contribution in [0.5, 0.6) is 0 Å². The maximum Gasteiger partial charge on any atom is 0.143 e. The van der Waals surface area contributed by atoms with E-state index in [0.29, 0.717) is 0 Å². The van der Waals surface area contributed by atoms with Gasteiger partial charge in [-0.15, -0.1) is 0 Å². The van der Waals surface area contributed by atoms with Crippen LogP contribution in [-0.2, 0) is 5.41 Å². The van der Waals surface area contributed by atoms with Gasteiger partial charge in [-0.3, -0.25) is 4.99 Å². The lowest BCUT2D eigenvalue weighted by Gasteiger charge is -2.35. The first-order chi connectivity index (χ1) is 26.0. The van der Waals surface area contributed by atoms with Crippen LogP contribution in [0.2, 0.25) is 0 Å². The molecule has 3 heterocycles. The molecule has 1 N–H and O–H groups in total. The van der Waals surface area contributed by atoms with Gasteiger partial charge in [0.25, 0.3) is 0 Å². The summed E-state index contributed by atoms with van der Waals surface area (Å²) in [5.74, 6) is 0.860. The molecular formula is C49H36N2OS. The van der Waals surface area contributed by atoms with E-state index in [1.807, 2.05) is 30.0 Å². The number of hydrogen-bond donors (Lipinski definition) is 1.